The lowest BCUT2D eigenvalue weighted by Gasteiger charge is -2.10. The molecule has 2 rings (SSSR count). The first-order valence-corrected chi connectivity index (χ1v) is 7.19. The van der Waals surface area contributed by atoms with Crippen LogP contribution in [0, 0.1) is 6.92 Å². The molecule has 0 saturated heterocycles. The van der Waals surface area contributed by atoms with Gasteiger partial charge in [0.25, 0.3) is 0 Å². The number of aryl methyl sites for hydroxylation is 1. The van der Waals surface area contributed by atoms with Crippen LogP contribution in [0.5, 0.6) is 5.75 Å². The fourth-order valence-electron chi connectivity index (χ4n) is 1.56. The molecule has 0 aliphatic carbocycles. The summed E-state index contributed by atoms with van der Waals surface area (Å²) in [5, 5.41) is 9.65. The summed E-state index contributed by atoms with van der Waals surface area (Å²) in [6.45, 7) is 2.42. The second-order valence-electron chi connectivity index (χ2n) is 4.24. The van der Waals surface area contributed by atoms with Crippen molar-refractivity contribution >= 4 is 29.2 Å². The molecule has 2 aromatic rings. The Morgan fingerprint density at radius 3 is 2.91 bits per heavy atom. The topological polar surface area (TPSA) is 89.3 Å². The lowest BCUT2D eigenvalue weighted by atomic mass is 10.3. The van der Waals surface area contributed by atoms with Crippen molar-refractivity contribution in [3.63, 3.8) is 0 Å². The van der Waals surface area contributed by atoms with Gasteiger partial charge in [0.2, 0.25) is 5.89 Å². The van der Waals surface area contributed by atoms with Crippen LogP contribution in [0.1, 0.15) is 11.7 Å². The summed E-state index contributed by atoms with van der Waals surface area (Å²) >= 11 is 11.8. The van der Waals surface area contributed by atoms with Crippen molar-refractivity contribution in [3.05, 3.63) is 40.0 Å². The molecule has 0 saturated carbocycles. The van der Waals surface area contributed by atoms with Crippen molar-refractivity contribution in [2.24, 2.45) is 0 Å². The molecule has 0 atom stereocenters. The number of nitrogens with zero attached hydrogens (tertiary/aromatic N) is 2. The van der Waals surface area contributed by atoms with Crippen LogP contribution in [-0.4, -0.2) is 29.3 Å². The Balaban J connectivity index is 1.66. The van der Waals surface area contributed by atoms with E-state index in [0.717, 1.165) is 0 Å². The predicted octanol–water partition coefficient (Wildman–Crippen LogP) is 2.56. The molecule has 1 heterocycles. The molecule has 118 valence electrons. The van der Waals surface area contributed by atoms with Gasteiger partial charge >= 0.3 is 6.03 Å². The van der Waals surface area contributed by atoms with Gasteiger partial charge in [0, 0.05) is 6.92 Å². The molecule has 0 bridgehead atoms. The predicted molar refractivity (Wildman–Crippen MR) is 81.2 cm³/mol. The molecule has 0 unspecified atom stereocenters. The SMILES string of the molecule is Cc1nc(CNC(=O)NCCOc2cccc(Cl)c2Cl)no1. The average Bonchev–Trinajstić information content (AvgIpc) is 2.91. The maximum atomic E-state index is 11.5. The number of carbonyl (C=O) groups is 1. The van der Waals surface area contributed by atoms with Crippen LogP contribution in [0.15, 0.2) is 22.7 Å². The second-order valence-corrected chi connectivity index (χ2v) is 5.02. The van der Waals surface area contributed by atoms with Gasteiger partial charge in [0.05, 0.1) is 18.1 Å². The molecule has 0 aliphatic heterocycles. The number of amides is 2. The van der Waals surface area contributed by atoms with Crippen molar-refractivity contribution in [1.82, 2.24) is 20.8 Å². The molecule has 2 N–H and O–H groups in total. The summed E-state index contributed by atoms with van der Waals surface area (Å²) in [6.07, 6.45) is 0. The van der Waals surface area contributed by atoms with Crippen LogP contribution in [0.4, 0.5) is 4.79 Å². The first-order valence-electron chi connectivity index (χ1n) is 6.44. The minimum absolute atomic E-state index is 0.185. The number of carbonyl (C=O) groups excluding carboxylic acids is 1. The molecule has 0 spiro atoms. The number of aromatic nitrogens is 2. The van der Waals surface area contributed by atoms with E-state index in [1.165, 1.54) is 0 Å². The van der Waals surface area contributed by atoms with Crippen LogP contribution in [0.25, 0.3) is 0 Å². The number of hydrogen-bond acceptors (Lipinski definition) is 5. The van der Waals surface area contributed by atoms with Gasteiger partial charge in [-0.2, -0.15) is 4.98 Å². The van der Waals surface area contributed by atoms with Gasteiger partial charge in [0.15, 0.2) is 5.82 Å². The Labute approximate surface area is 136 Å². The van der Waals surface area contributed by atoms with Crippen LogP contribution in [0.2, 0.25) is 10.0 Å². The van der Waals surface area contributed by atoms with E-state index in [4.69, 9.17) is 32.5 Å². The monoisotopic (exact) mass is 344 g/mol. The highest BCUT2D eigenvalue weighted by atomic mass is 35.5. The van der Waals surface area contributed by atoms with E-state index in [9.17, 15) is 4.79 Å². The molecule has 0 radical (unpaired) electrons. The van der Waals surface area contributed by atoms with Crippen molar-refractivity contribution in [1.29, 1.82) is 0 Å². The number of hydrogen-bond donors (Lipinski definition) is 2. The lowest BCUT2D eigenvalue weighted by Crippen LogP contribution is -2.37. The van der Waals surface area contributed by atoms with Crippen molar-refractivity contribution in [3.8, 4) is 5.75 Å². The van der Waals surface area contributed by atoms with Crippen LogP contribution >= 0.6 is 23.2 Å². The fraction of sp³-hybridized carbons (Fsp3) is 0.308. The number of ether oxygens (including phenoxy) is 1. The van der Waals surface area contributed by atoms with Gasteiger partial charge in [-0.1, -0.05) is 34.4 Å². The minimum Gasteiger partial charge on any atom is -0.490 e. The zero-order valence-corrected chi connectivity index (χ0v) is 13.2. The third-order valence-electron chi connectivity index (χ3n) is 2.54. The molecule has 22 heavy (non-hydrogen) atoms. The summed E-state index contributed by atoms with van der Waals surface area (Å²) in [5.41, 5.74) is 0. The maximum absolute atomic E-state index is 11.5. The number of nitrogens with one attached hydrogen (secondary N) is 2. The number of benzene rings is 1. The van der Waals surface area contributed by atoms with Crippen LogP contribution in [-0.2, 0) is 6.54 Å². The van der Waals surface area contributed by atoms with Crippen molar-refractivity contribution in [2.45, 2.75) is 13.5 Å². The van der Waals surface area contributed by atoms with Gasteiger partial charge in [-0.05, 0) is 12.1 Å². The third kappa shape index (κ3) is 4.78. The summed E-state index contributed by atoms with van der Waals surface area (Å²) in [4.78, 5) is 15.5. The Morgan fingerprint density at radius 1 is 1.36 bits per heavy atom. The quantitative estimate of drug-likeness (QED) is 0.786. The van der Waals surface area contributed by atoms with Crippen molar-refractivity contribution < 1.29 is 14.1 Å². The lowest BCUT2D eigenvalue weighted by molar-refractivity contribution is 0.235. The molecular weight excluding hydrogens is 331 g/mol. The van der Waals surface area contributed by atoms with Gasteiger partial charge in [-0.3, -0.25) is 0 Å². The van der Waals surface area contributed by atoms with E-state index in [1.807, 2.05) is 0 Å². The van der Waals surface area contributed by atoms with Gasteiger partial charge in [-0.25, -0.2) is 4.79 Å². The second kappa shape index (κ2) is 7.86. The van der Waals surface area contributed by atoms with E-state index in [1.54, 1.807) is 25.1 Å². The number of rotatable bonds is 6. The van der Waals surface area contributed by atoms with E-state index >= 15 is 0 Å². The van der Waals surface area contributed by atoms with E-state index in [-0.39, 0.29) is 19.2 Å². The molecule has 0 aliphatic rings. The molecule has 1 aromatic carbocycles. The van der Waals surface area contributed by atoms with E-state index in [2.05, 4.69) is 20.8 Å². The normalized spacial score (nSPS) is 10.3. The molecular formula is C13H14Cl2N4O3. The van der Waals surface area contributed by atoms with Crippen LogP contribution in [0.3, 0.4) is 0 Å². The highest BCUT2D eigenvalue weighted by Crippen LogP contribution is 2.31. The molecule has 7 nitrogen and oxygen atoms in total. The average molecular weight is 345 g/mol. The van der Waals surface area contributed by atoms with Crippen LogP contribution < -0.4 is 15.4 Å². The van der Waals surface area contributed by atoms with E-state index < -0.39 is 0 Å². The molecule has 0 fully saturated rings. The van der Waals surface area contributed by atoms with E-state index in [0.29, 0.717) is 34.1 Å². The standard InChI is InChI=1S/C13H14Cl2N4O3/c1-8-18-11(19-22-8)7-17-13(20)16-5-6-21-10-4-2-3-9(14)12(10)15/h2-4H,5-7H2,1H3,(H2,16,17,20). The summed E-state index contributed by atoms with van der Waals surface area (Å²) in [7, 11) is 0. The highest BCUT2D eigenvalue weighted by molar-refractivity contribution is 6.42. The Bertz CT molecular complexity index is 648. The zero-order chi connectivity index (χ0) is 15.9. The highest BCUT2D eigenvalue weighted by Gasteiger charge is 2.07. The third-order valence-corrected chi connectivity index (χ3v) is 3.34. The van der Waals surface area contributed by atoms with Gasteiger partial charge < -0.3 is 19.9 Å². The Hall–Kier alpha value is -1.99. The number of urea groups is 1. The zero-order valence-electron chi connectivity index (χ0n) is 11.7. The maximum Gasteiger partial charge on any atom is 0.315 e. The molecule has 9 heteroatoms. The summed E-state index contributed by atoms with van der Waals surface area (Å²) in [5.74, 6) is 1.33. The summed E-state index contributed by atoms with van der Waals surface area (Å²) < 4.78 is 10.2. The largest absolute Gasteiger partial charge is 0.490 e. The van der Waals surface area contributed by atoms with Crippen molar-refractivity contribution in [2.75, 3.05) is 13.2 Å². The molecule has 2 amide bonds. The fourth-order valence-corrected chi connectivity index (χ4v) is 1.90. The first-order chi connectivity index (χ1) is 10.6. The molecule has 1 aromatic heterocycles. The minimum atomic E-state index is -0.358. The van der Waals surface area contributed by atoms with Gasteiger partial charge in [-0.15, -0.1) is 0 Å². The Kier molecular flexibility index (Phi) is 5.85. The Morgan fingerprint density at radius 2 is 2.18 bits per heavy atom. The smallest absolute Gasteiger partial charge is 0.315 e. The number of halogens is 2. The summed E-state index contributed by atoms with van der Waals surface area (Å²) in [6, 6.07) is 4.74. The van der Waals surface area contributed by atoms with Gasteiger partial charge in [0.1, 0.15) is 17.4 Å². The first kappa shape index (κ1) is 16.4.